The minimum absolute atomic E-state index is 0.0523. The van der Waals surface area contributed by atoms with Crippen LogP contribution < -0.4 is 5.32 Å². The molecule has 1 amide bonds. The lowest BCUT2D eigenvalue weighted by Gasteiger charge is -2.11. The largest absolute Gasteiger partial charge is 0.508 e. The number of rotatable bonds is 4. The third kappa shape index (κ3) is 4.56. The Labute approximate surface area is 192 Å². The number of carbonyl (C=O) groups excluding carboxylic acids is 1. The van der Waals surface area contributed by atoms with Crippen molar-refractivity contribution in [3.63, 3.8) is 0 Å². The van der Waals surface area contributed by atoms with E-state index in [2.05, 4.69) is 10.4 Å². The van der Waals surface area contributed by atoms with Crippen LogP contribution in [0.2, 0.25) is 5.02 Å². The Hall–Kier alpha value is -3.78. The maximum atomic E-state index is 13.4. The molecule has 3 aromatic carbocycles. The van der Waals surface area contributed by atoms with Gasteiger partial charge in [-0.15, -0.1) is 0 Å². The first-order valence-corrected chi connectivity index (χ1v) is 10.2. The summed E-state index contributed by atoms with van der Waals surface area (Å²) in [5.74, 6) is -0.373. The number of alkyl halides is 3. The van der Waals surface area contributed by atoms with Crippen LogP contribution in [0.25, 0.3) is 16.9 Å². The number of amides is 1. The molecule has 0 radical (unpaired) electrons. The second-order valence-corrected chi connectivity index (χ2v) is 7.66. The van der Waals surface area contributed by atoms with E-state index in [0.717, 1.165) is 10.7 Å². The van der Waals surface area contributed by atoms with Crippen molar-refractivity contribution in [2.75, 3.05) is 5.32 Å². The molecule has 0 saturated carbocycles. The summed E-state index contributed by atoms with van der Waals surface area (Å²) in [4.78, 5) is 12.6. The van der Waals surface area contributed by atoms with Gasteiger partial charge in [0.1, 0.15) is 5.75 Å². The molecule has 1 heterocycles. The van der Waals surface area contributed by atoms with Gasteiger partial charge in [-0.3, -0.25) is 4.79 Å². The van der Waals surface area contributed by atoms with Crippen LogP contribution >= 0.6 is 11.6 Å². The molecule has 33 heavy (non-hydrogen) atoms. The minimum atomic E-state index is -4.64. The fourth-order valence-corrected chi connectivity index (χ4v) is 3.49. The number of benzene rings is 3. The highest BCUT2D eigenvalue weighted by atomic mass is 35.5. The highest BCUT2D eigenvalue weighted by molar-refractivity contribution is 6.32. The molecule has 0 bridgehead atoms. The van der Waals surface area contributed by atoms with E-state index in [9.17, 15) is 23.1 Å². The number of hydrogen-bond donors (Lipinski definition) is 2. The SMILES string of the molecule is Cc1c(O)cccc1NC(=O)c1ccc(-c2cc(C(F)(F)F)nn2-c2ccccc2Cl)cc1. The van der Waals surface area contributed by atoms with Gasteiger partial charge in [0.05, 0.1) is 16.4 Å². The van der Waals surface area contributed by atoms with E-state index in [4.69, 9.17) is 11.6 Å². The summed E-state index contributed by atoms with van der Waals surface area (Å²) in [7, 11) is 0. The van der Waals surface area contributed by atoms with Crippen molar-refractivity contribution in [1.29, 1.82) is 0 Å². The number of aromatic hydroxyl groups is 1. The van der Waals surface area contributed by atoms with Gasteiger partial charge in [0.2, 0.25) is 0 Å². The predicted molar refractivity (Wildman–Crippen MR) is 120 cm³/mol. The lowest BCUT2D eigenvalue weighted by molar-refractivity contribution is -0.141. The topological polar surface area (TPSA) is 67.2 Å². The molecule has 0 aliphatic carbocycles. The van der Waals surface area contributed by atoms with Crippen LogP contribution in [0.15, 0.2) is 72.8 Å². The zero-order valence-corrected chi connectivity index (χ0v) is 17.9. The molecule has 1 aromatic heterocycles. The van der Waals surface area contributed by atoms with Gasteiger partial charge in [-0.05, 0) is 49.4 Å². The lowest BCUT2D eigenvalue weighted by atomic mass is 10.1. The monoisotopic (exact) mass is 471 g/mol. The van der Waals surface area contributed by atoms with Crippen LogP contribution in [0.3, 0.4) is 0 Å². The number of aromatic nitrogens is 2. The number of nitrogens with zero attached hydrogens (tertiary/aromatic N) is 2. The number of phenolic OH excluding ortho intramolecular Hbond substituents is 1. The van der Waals surface area contributed by atoms with Crippen molar-refractivity contribution in [1.82, 2.24) is 9.78 Å². The average Bonchev–Trinajstić information content (AvgIpc) is 3.23. The molecule has 2 N–H and O–H groups in total. The Morgan fingerprint density at radius 3 is 2.39 bits per heavy atom. The minimum Gasteiger partial charge on any atom is -0.508 e. The number of halogens is 4. The Balaban J connectivity index is 1.69. The summed E-state index contributed by atoms with van der Waals surface area (Å²) in [5.41, 5.74) is 1.10. The molecule has 5 nitrogen and oxygen atoms in total. The van der Waals surface area contributed by atoms with Crippen LogP contribution in [0.4, 0.5) is 18.9 Å². The van der Waals surface area contributed by atoms with Gasteiger partial charge in [0.15, 0.2) is 5.69 Å². The van der Waals surface area contributed by atoms with Crippen LogP contribution in [0.1, 0.15) is 21.6 Å². The van der Waals surface area contributed by atoms with Gasteiger partial charge in [-0.2, -0.15) is 18.3 Å². The molecule has 4 rings (SSSR count). The van der Waals surface area contributed by atoms with Crippen LogP contribution in [0, 0.1) is 6.92 Å². The van der Waals surface area contributed by atoms with Crippen molar-refractivity contribution in [2.45, 2.75) is 13.1 Å². The summed E-state index contributed by atoms with van der Waals surface area (Å²) in [6, 6.07) is 18.2. The summed E-state index contributed by atoms with van der Waals surface area (Å²) < 4.78 is 41.3. The van der Waals surface area contributed by atoms with Crippen molar-refractivity contribution in [3.8, 4) is 22.7 Å². The first-order chi connectivity index (χ1) is 15.6. The normalized spacial score (nSPS) is 11.4. The van der Waals surface area contributed by atoms with Crippen LogP contribution in [0.5, 0.6) is 5.75 Å². The van der Waals surface area contributed by atoms with Crippen LogP contribution in [-0.4, -0.2) is 20.8 Å². The molecule has 0 spiro atoms. The highest BCUT2D eigenvalue weighted by Crippen LogP contribution is 2.34. The number of nitrogens with one attached hydrogen (secondary N) is 1. The second kappa shape index (κ2) is 8.63. The fraction of sp³-hybridized carbons (Fsp3) is 0.0833. The molecular formula is C24H17ClF3N3O2. The van der Waals surface area contributed by atoms with E-state index in [1.807, 2.05) is 0 Å². The zero-order chi connectivity index (χ0) is 23.8. The van der Waals surface area contributed by atoms with Gasteiger partial charge >= 0.3 is 6.18 Å². The smallest absolute Gasteiger partial charge is 0.435 e. The van der Waals surface area contributed by atoms with E-state index in [0.29, 0.717) is 28.1 Å². The van der Waals surface area contributed by atoms with Gasteiger partial charge < -0.3 is 10.4 Å². The van der Waals surface area contributed by atoms with E-state index in [1.165, 1.54) is 30.3 Å². The van der Waals surface area contributed by atoms with E-state index >= 15 is 0 Å². The maximum Gasteiger partial charge on any atom is 0.435 e. The van der Waals surface area contributed by atoms with Crippen LogP contribution in [-0.2, 0) is 6.18 Å². The van der Waals surface area contributed by atoms with Gasteiger partial charge in [-0.25, -0.2) is 4.68 Å². The van der Waals surface area contributed by atoms with Crippen molar-refractivity contribution in [3.05, 3.63) is 94.6 Å². The molecule has 0 fully saturated rings. The summed E-state index contributed by atoms with van der Waals surface area (Å²) in [5, 5.41) is 16.5. The second-order valence-electron chi connectivity index (χ2n) is 7.26. The Kier molecular flexibility index (Phi) is 5.86. The molecule has 168 valence electrons. The predicted octanol–water partition coefficient (Wildman–Crippen LogP) is 6.48. The molecule has 0 atom stereocenters. The van der Waals surface area contributed by atoms with Crippen molar-refractivity contribution >= 4 is 23.2 Å². The molecule has 0 saturated heterocycles. The van der Waals surface area contributed by atoms with Gasteiger partial charge in [0, 0.05) is 22.4 Å². The van der Waals surface area contributed by atoms with Gasteiger partial charge in [0.25, 0.3) is 5.91 Å². The molecule has 0 unspecified atom stereocenters. The highest BCUT2D eigenvalue weighted by Gasteiger charge is 2.35. The number of phenols is 1. The third-order valence-corrected chi connectivity index (χ3v) is 5.40. The fourth-order valence-electron chi connectivity index (χ4n) is 3.28. The molecule has 9 heteroatoms. The molecular weight excluding hydrogens is 455 g/mol. The Morgan fingerprint density at radius 1 is 1.03 bits per heavy atom. The molecule has 4 aromatic rings. The average molecular weight is 472 g/mol. The van der Waals surface area contributed by atoms with Crippen molar-refractivity contribution in [2.24, 2.45) is 0 Å². The molecule has 0 aliphatic rings. The number of carbonyl (C=O) groups is 1. The number of para-hydroxylation sites is 1. The van der Waals surface area contributed by atoms with Gasteiger partial charge in [-0.1, -0.05) is 41.9 Å². The standard InChI is InChI=1S/C24H17ClF3N3O2/c1-14-18(6-4-8-21(14)32)29-23(33)16-11-9-15(10-12-16)20-13-22(24(26,27)28)30-31(20)19-7-3-2-5-17(19)25/h2-13,32H,1H3,(H,29,33). The van der Waals surface area contributed by atoms with E-state index in [-0.39, 0.29) is 16.5 Å². The van der Waals surface area contributed by atoms with E-state index < -0.39 is 17.8 Å². The van der Waals surface area contributed by atoms with Crippen molar-refractivity contribution < 1.29 is 23.1 Å². The number of anilines is 1. The maximum absolute atomic E-state index is 13.4. The Morgan fingerprint density at radius 2 is 1.73 bits per heavy atom. The molecule has 0 aliphatic heterocycles. The van der Waals surface area contributed by atoms with E-state index in [1.54, 1.807) is 43.3 Å². The summed E-state index contributed by atoms with van der Waals surface area (Å²) in [6.07, 6.45) is -4.64. The third-order valence-electron chi connectivity index (χ3n) is 5.08. The zero-order valence-electron chi connectivity index (χ0n) is 17.2. The first-order valence-electron chi connectivity index (χ1n) is 9.77. The number of hydrogen-bond acceptors (Lipinski definition) is 3. The summed E-state index contributed by atoms with van der Waals surface area (Å²) >= 11 is 6.20. The Bertz CT molecular complexity index is 1330. The summed E-state index contributed by atoms with van der Waals surface area (Å²) in [6.45, 7) is 1.67. The quantitative estimate of drug-likeness (QED) is 0.358. The lowest BCUT2D eigenvalue weighted by Crippen LogP contribution is -2.12. The first kappa shape index (κ1) is 22.4.